The van der Waals surface area contributed by atoms with Gasteiger partial charge in [-0.3, -0.25) is 0 Å². The summed E-state index contributed by atoms with van der Waals surface area (Å²) in [5.74, 6) is 0.378. The molecule has 0 radical (unpaired) electrons. The van der Waals surface area contributed by atoms with E-state index in [0.29, 0.717) is 23.0 Å². The zero-order chi connectivity index (χ0) is 14.1. The maximum atomic E-state index is 12.8. The Morgan fingerprint density at radius 3 is 2.70 bits per heavy atom. The predicted molar refractivity (Wildman–Crippen MR) is 82.8 cm³/mol. The maximum Gasteiger partial charge on any atom is 0.0812 e. The summed E-state index contributed by atoms with van der Waals surface area (Å²) in [7, 11) is 2.13. The monoisotopic (exact) mass is 287 g/mol. The minimum absolute atomic E-state index is 0.325. The number of hydrogen-bond acceptors (Lipinski definition) is 2. The molecule has 0 saturated heterocycles. The van der Waals surface area contributed by atoms with Gasteiger partial charge in [0.15, 0.2) is 0 Å². The van der Waals surface area contributed by atoms with E-state index in [1.807, 2.05) is 12.1 Å². The van der Waals surface area contributed by atoms with E-state index in [1.54, 1.807) is 0 Å². The van der Waals surface area contributed by atoms with Crippen molar-refractivity contribution in [2.75, 3.05) is 13.6 Å². The Hall–Kier alpha value is -1.32. The van der Waals surface area contributed by atoms with Gasteiger partial charge in [0.2, 0.25) is 0 Å². The fourth-order valence-corrected chi connectivity index (χ4v) is 3.42. The van der Waals surface area contributed by atoms with Crippen molar-refractivity contribution in [3.05, 3.63) is 64.7 Å². The first-order valence-corrected chi connectivity index (χ1v) is 7.56. The molecule has 3 rings (SSSR count). The van der Waals surface area contributed by atoms with Gasteiger partial charge >= 0.3 is 0 Å². The van der Waals surface area contributed by atoms with Crippen LogP contribution in [0.2, 0.25) is 0 Å². The Morgan fingerprint density at radius 2 is 1.95 bits per heavy atom. The molecular formula is C17H18FNS. The van der Waals surface area contributed by atoms with Gasteiger partial charge in [0.25, 0.3) is 0 Å². The fourth-order valence-electron chi connectivity index (χ4n) is 3.12. The number of nitrogens with zero attached hydrogens (tertiary/aromatic N) is 1. The Morgan fingerprint density at radius 1 is 1.15 bits per heavy atom. The highest BCUT2D eigenvalue weighted by molar-refractivity contribution is 7.94. The number of hydrogen-bond donors (Lipinski definition) is 0. The standard InChI is InChI=1S/C17H18FNS/c1-12-5-3-4-6-15(12)17-11-19(2)10-13-9-14(20-18)7-8-16(13)17/h3-9,17H,10-11H2,1-2H3. The molecule has 2 aromatic rings. The third-order valence-electron chi connectivity index (χ3n) is 4.08. The van der Waals surface area contributed by atoms with Gasteiger partial charge in [-0.2, -0.15) is 3.89 Å². The number of benzene rings is 2. The molecule has 1 nitrogen and oxygen atoms in total. The van der Waals surface area contributed by atoms with E-state index >= 15 is 0 Å². The Kier molecular flexibility index (Phi) is 3.81. The van der Waals surface area contributed by atoms with Gasteiger partial charge in [-0.1, -0.05) is 30.3 Å². The molecule has 0 amide bonds. The van der Waals surface area contributed by atoms with E-state index in [1.165, 1.54) is 22.3 Å². The molecule has 1 atom stereocenters. The molecule has 1 unspecified atom stereocenters. The molecule has 0 bridgehead atoms. The van der Waals surface area contributed by atoms with Gasteiger partial charge in [0, 0.05) is 23.9 Å². The average molecular weight is 287 g/mol. The zero-order valence-electron chi connectivity index (χ0n) is 11.8. The zero-order valence-corrected chi connectivity index (χ0v) is 12.6. The SMILES string of the molecule is Cc1ccccc1C1CN(C)Cc2cc(SF)ccc21. The van der Waals surface area contributed by atoms with Crippen LogP contribution in [-0.4, -0.2) is 18.5 Å². The highest BCUT2D eigenvalue weighted by atomic mass is 32.2. The minimum Gasteiger partial charge on any atom is -0.301 e. The summed E-state index contributed by atoms with van der Waals surface area (Å²) in [6, 6.07) is 14.5. The summed E-state index contributed by atoms with van der Waals surface area (Å²) >= 11 is 0.325. The lowest BCUT2D eigenvalue weighted by Gasteiger charge is -2.33. The lowest BCUT2D eigenvalue weighted by molar-refractivity contribution is 0.294. The Balaban J connectivity index is 2.09. The van der Waals surface area contributed by atoms with Crippen molar-refractivity contribution >= 4 is 12.1 Å². The normalized spacial score (nSPS) is 18.9. The van der Waals surface area contributed by atoms with Crippen LogP contribution in [0.1, 0.15) is 28.2 Å². The van der Waals surface area contributed by atoms with E-state index in [4.69, 9.17) is 0 Å². The second kappa shape index (κ2) is 5.58. The van der Waals surface area contributed by atoms with Crippen LogP contribution in [0.3, 0.4) is 0 Å². The topological polar surface area (TPSA) is 3.24 Å². The van der Waals surface area contributed by atoms with Crippen molar-refractivity contribution < 1.29 is 3.89 Å². The average Bonchev–Trinajstić information content (AvgIpc) is 2.46. The summed E-state index contributed by atoms with van der Waals surface area (Å²) in [6.07, 6.45) is 0. The van der Waals surface area contributed by atoms with Crippen LogP contribution in [0.4, 0.5) is 3.89 Å². The van der Waals surface area contributed by atoms with Gasteiger partial charge in [0.05, 0.1) is 12.1 Å². The lowest BCUT2D eigenvalue weighted by Crippen LogP contribution is -2.31. The van der Waals surface area contributed by atoms with Crippen LogP contribution < -0.4 is 0 Å². The van der Waals surface area contributed by atoms with Gasteiger partial charge in [-0.15, -0.1) is 0 Å². The molecule has 0 N–H and O–H groups in total. The summed E-state index contributed by atoms with van der Waals surface area (Å²) in [5.41, 5.74) is 5.29. The van der Waals surface area contributed by atoms with Crippen molar-refractivity contribution in [3.8, 4) is 0 Å². The Labute approximate surface area is 124 Å². The molecule has 0 aromatic heterocycles. The number of aryl methyl sites for hydroxylation is 1. The van der Waals surface area contributed by atoms with Crippen LogP contribution in [0.15, 0.2) is 47.4 Å². The van der Waals surface area contributed by atoms with E-state index in [-0.39, 0.29) is 0 Å². The third-order valence-corrected chi connectivity index (χ3v) is 4.51. The molecule has 1 aliphatic rings. The van der Waals surface area contributed by atoms with Crippen LogP contribution in [-0.2, 0) is 6.54 Å². The van der Waals surface area contributed by atoms with Crippen LogP contribution in [0.25, 0.3) is 0 Å². The van der Waals surface area contributed by atoms with Crippen molar-refractivity contribution in [1.29, 1.82) is 0 Å². The van der Waals surface area contributed by atoms with Crippen LogP contribution in [0, 0.1) is 6.92 Å². The van der Waals surface area contributed by atoms with Crippen molar-refractivity contribution in [2.45, 2.75) is 24.3 Å². The summed E-state index contributed by atoms with van der Waals surface area (Å²) in [4.78, 5) is 3.01. The molecule has 3 heteroatoms. The minimum atomic E-state index is 0.325. The van der Waals surface area contributed by atoms with Gasteiger partial charge < -0.3 is 4.90 Å². The molecule has 0 spiro atoms. The first-order chi connectivity index (χ1) is 9.69. The van der Waals surface area contributed by atoms with E-state index in [2.05, 4.69) is 49.2 Å². The third kappa shape index (κ3) is 2.48. The van der Waals surface area contributed by atoms with Crippen LogP contribution in [0.5, 0.6) is 0 Å². The highest BCUT2D eigenvalue weighted by Gasteiger charge is 2.25. The molecule has 1 aliphatic heterocycles. The van der Waals surface area contributed by atoms with E-state index in [0.717, 1.165) is 13.1 Å². The van der Waals surface area contributed by atoms with E-state index < -0.39 is 0 Å². The molecule has 0 saturated carbocycles. The molecule has 0 aliphatic carbocycles. The van der Waals surface area contributed by atoms with Crippen molar-refractivity contribution in [3.63, 3.8) is 0 Å². The van der Waals surface area contributed by atoms with Gasteiger partial charge in [-0.05, 0) is 48.4 Å². The number of likely N-dealkylation sites (N-methyl/N-ethyl adjacent to an activating group) is 1. The summed E-state index contributed by atoms with van der Waals surface area (Å²) < 4.78 is 12.8. The molecular weight excluding hydrogens is 269 g/mol. The first-order valence-electron chi connectivity index (χ1n) is 6.84. The summed E-state index contributed by atoms with van der Waals surface area (Å²) in [5, 5.41) is 0. The highest BCUT2D eigenvalue weighted by Crippen LogP contribution is 2.36. The molecule has 104 valence electrons. The fraction of sp³-hybridized carbons (Fsp3) is 0.294. The van der Waals surface area contributed by atoms with E-state index in [9.17, 15) is 3.89 Å². The molecule has 1 heterocycles. The van der Waals surface area contributed by atoms with Crippen molar-refractivity contribution in [1.82, 2.24) is 4.90 Å². The maximum absolute atomic E-state index is 12.8. The molecule has 0 fully saturated rings. The van der Waals surface area contributed by atoms with Gasteiger partial charge in [-0.25, -0.2) is 0 Å². The molecule has 2 aromatic carbocycles. The second-order valence-electron chi connectivity index (χ2n) is 5.54. The molecule has 20 heavy (non-hydrogen) atoms. The van der Waals surface area contributed by atoms with Crippen LogP contribution >= 0.6 is 12.1 Å². The number of fused-ring (bicyclic) bond motifs is 1. The second-order valence-corrected chi connectivity index (χ2v) is 6.17. The quantitative estimate of drug-likeness (QED) is 0.797. The number of rotatable bonds is 2. The summed E-state index contributed by atoms with van der Waals surface area (Å²) in [6.45, 7) is 4.07. The smallest absolute Gasteiger partial charge is 0.0812 e. The first kappa shape index (κ1) is 13.7. The van der Waals surface area contributed by atoms with Crippen molar-refractivity contribution in [2.24, 2.45) is 0 Å². The Bertz CT molecular complexity index is 626. The largest absolute Gasteiger partial charge is 0.301 e. The number of halogens is 1. The van der Waals surface area contributed by atoms with Gasteiger partial charge in [0.1, 0.15) is 0 Å². The predicted octanol–water partition coefficient (Wildman–Crippen LogP) is 4.55. The lowest BCUT2D eigenvalue weighted by atomic mass is 9.83.